The van der Waals surface area contributed by atoms with Crippen molar-refractivity contribution >= 4 is 17.4 Å². The molecule has 7 heteroatoms. The van der Waals surface area contributed by atoms with E-state index in [1.54, 1.807) is 10.9 Å². The average Bonchev–Trinajstić information content (AvgIpc) is 3.26. The first-order chi connectivity index (χ1) is 13.6. The molecule has 0 spiro atoms. The molecule has 0 bridgehead atoms. The lowest BCUT2D eigenvalue weighted by atomic mass is 9.97. The summed E-state index contributed by atoms with van der Waals surface area (Å²) in [5.41, 5.74) is 3.25. The van der Waals surface area contributed by atoms with E-state index in [1.165, 1.54) is 11.1 Å². The number of amides is 1. The molecule has 1 N–H and O–H groups in total. The zero-order chi connectivity index (χ0) is 19.5. The summed E-state index contributed by atoms with van der Waals surface area (Å²) in [6, 6.07) is 11.7. The van der Waals surface area contributed by atoms with Crippen LogP contribution in [0.15, 0.2) is 48.8 Å². The second-order valence-electron chi connectivity index (χ2n) is 7.27. The second kappa shape index (κ2) is 7.80. The Kier molecular flexibility index (Phi) is 5.06. The molecular formula is C21H24N6O. The highest BCUT2D eigenvalue weighted by Crippen LogP contribution is 2.23. The van der Waals surface area contributed by atoms with Crippen LogP contribution in [-0.2, 0) is 4.79 Å². The summed E-state index contributed by atoms with van der Waals surface area (Å²) in [6.45, 7) is 5.65. The minimum atomic E-state index is -0.0667. The van der Waals surface area contributed by atoms with E-state index in [9.17, 15) is 4.79 Å². The molecule has 2 aromatic heterocycles. The lowest BCUT2D eigenvalue weighted by Gasteiger charge is -2.32. The molecule has 1 unspecified atom stereocenters. The minimum Gasteiger partial charge on any atom is -0.354 e. The number of hydrogen-bond acceptors (Lipinski definition) is 5. The molecule has 3 heterocycles. The summed E-state index contributed by atoms with van der Waals surface area (Å²) in [5.74, 6) is 1.46. The van der Waals surface area contributed by atoms with E-state index in [0.717, 1.165) is 30.9 Å². The molecule has 0 aliphatic carbocycles. The van der Waals surface area contributed by atoms with Crippen LogP contribution in [0.25, 0.3) is 5.82 Å². The molecule has 1 fully saturated rings. The Hall–Kier alpha value is -3.22. The van der Waals surface area contributed by atoms with Crippen molar-refractivity contribution in [3.63, 3.8) is 0 Å². The van der Waals surface area contributed by atoms with Gasteiger partial charge in [-0.2, -0.15) is 5.10 Å². The molecule has 1 aromatic carbocycles. The van der Waals surface area contributed by atoms with Gasteiger partial charge < -0.3 is 10.2 Å². The molecule has 3 aromatic rings. The van der Waals surface area contributed by atoms with Gasteiger partial charge in [-0.3, -0.25) is 4.79 Å². The van der Waals surface area contributed by atoms with E-state index < -0.39 is 0 Å². The van der Waals surface area contributed by atoms with Gasteiger partial charge in [-0.05, 0) is 68.1 Å². The maximum Gasteiger partial charge on any atom is 0.229 e. The van der Waals surface area contributed by atoms with E-state index in [2.05, 4.69) is 39.4 Å². The number of hydrogen-bond donors (Lipinski definition) is 1. The van der Waals surface area contributed by atoms with Crippen molar-refractivity contribution in [3.8, 4) is 5.82 Å². The number of carbonyl (C=O) groups is 1. The van der Waals surface area contributed by atoms with Crippen molar-refractivity contribution in [1.29, 1.82) is 0 Å². The summed E-state index contributed by atoms with van der Waals surface area (Å²) >= 11 is 0. The first kappa shape index (κ1) is 18.2. The predicted octanol–water partition coefficient (Wildman–Crippen LogP) is 3.13. The van der Waals surface area contributed by atoms with Gasteiger partial charge >= 0.3 is 0 Å². The molecule has 1 atom stereocenters. The van der Waals surface area contributed by atoms with Crippen LogP contribution in [0.1, 0.15) is 24.0 Å². The molecule has 0 radical (unpaired) electrons. The van der Waals surface area contributed by atoms with Gasteiger partial charge in [-0.15, -0.1) is 10.2 Å². The van der Waals surface area contributed by atoms with Gasteiger partial charge in [0.1, 0.15) is 0 Å². The van der Waals surface area contributed by atoms with Crippen molar-refractivity contribution in [2.75, 3.05) is 23.3 Å². The summed E-state index contributed by atoms with van der Waals surface area (Å²) in [4.78, 5) is 14.9. The van der Waals surface area contributed by atoms with Crippen molar-refractivity contribution < 1.29 is 4.79 Å². The fraction of sp³-hybridized carbons (Fsp3) is 0.333. The summed E-state index contributed by atoms with van der Waals surface area (Å²) in [6.07, 6.45) is 5.37. The van der Waals surface area contributed by atoms with Crippen LogP contribution in [0.4, 0.5) is 11.5 Å². The van der Waals surface area contributed by atoms with Gasteiger partial charge in [0, 0.05) is 31.2 Å². The van der Waals surface area contributed by atoms with Gasteiger partial charge in [0.2, 0.25) is 5.91 Å². The van der Waals surface area contributed by atoms with Crippen LogP contribution in [0.3, 0.4) is 0 Å². The SMILES string of the molecule is Cc1ccc(NC(=O)C2CCCN(c3ccc(-n4cccn4)nn3)C2)cc1C. The number of rotatable bonds is 4. The first-order valence-corrected chi connectivity index (χ1v) is 9.57. The number of carbonyl (C=O) groups excluding carboxylic acids is 1. The third kappa shape index (κ3) is 3.88. The topological polar surface area (TPSA) is 75.9 Å². The Morgan fingerprint density at radius 2 is 1.93 bits per heavy atom. The number of benzene rings is 1. The number of anilines is 2. The summed E-state index contributed by atoms with van der Waals surface area (Å²) < 4.78 is 1.67. The highest BCUT2D eigenvalue weighted by molar-refractivity contribution is 5.93. The second-order valence-corrected chi connectivity index (χ2v) is 7.27. The van der Waals surface area contributed by atoms with E-state index in [4.69, 9.17) is 0 Å². The smallest absolute Gasteiger partial charge is 0.229 e. The van der Waals surface area contributed by atoms with Crippen LogP contribution in [0.5, 0.6) is 0 Å². The molecule has 144 valence electrons. The number of aromatic nitrogens is 4. The Balaban J connectivity index is 1.42. The molecule has 1 aliphatic heterocycles. The Morgan fingerprint density at radius 3 is 2.64 bits per heavy atom. The van der Waals surface area contributed by atoms with Gasteiger partial charge in [0.25, 0.3) is 0 Å². The van der Waals surface area contributed by atoms with Crippen LogP contribution in [-0.4, -0.2) is 39.0 Å². The quantitative estimate of drug-likeness (QED) is 0.757. The predicted molar refractivity (Wildman–Crippen MR) is 109 cm³/mol. The fourth-order valence-electron chi connectivity index (χ4n) is 3.48. The van der Waals surface area contributed by atoms with Crippen LogP contribution in [0.2, 0.25) is 0 Å². The third-order valence-corrected chi connectivity index (χ3v) is 5.27. The molecular weight excluding hydrogens is 352 g/mol. The van der Waals surface area contributed by atoms with Crippen molar-refractivity contribution in [2.24, 2.45) is 5.92 Å². The highest BCUT2D eigenvalue weighted by Gasteiger charge is 2.27. The van der Waals surface area contributed by atoms with Gasteiger partial charge in [0.05, 0.1) is 5.92 Å². The number of piperidine rings is 1. The Bertz CT molecular complexity index is 952. The van der Waals surface area contributed by atoms with Gasteiger partial charge in [-0.1, -0.05) is 6.07 Å². The zero-order valence-electron chi connectivity index (χ0n) is 16.2. The average molecular weight is 376 g/mol. The normalized spacial score (nSPS) is 16.8. The molecule has 1 saturated heterocycles. The summed E-state index contributed by atoms with van der Waals surface area (Å²) in [7, 11) is 0. The van der Waals surface area contributed by atoms with Crippen LogP contribution < -0.4 is 10.2 Å². The van der Waals surface area contributed by atoms with E-state index in [-0.39, 0.29) is 11.8 Å². The monoisotopic (exact) mass is 376 g/mol. The van der Waals surface area contributed by atoms with Gasteiger partial charge in [0.15, 0.2) is 11.6 Å². The third-order valence-electron chi connectivity index (χ3n) is 5.27. The molecule has 1 aliphatic rings. The lowest BCUT2D eigenvalue weighted by molar-refractivity contribution is -0.120. The Morgan fingerprint density at radius 1 is 1.11 bits per heavy atom. The van der Waals surface area contributed by atoms with E-state index >= 15 is 0 Å². The van der Waals surface area contributed by atoms with E-state index in [0.29, 0.717) is 12.4 Å². The number of aryl methyl sites for hydroxylation is 2. The standard InChI is InChI=1S/C21H24N6O/c1-15-6-7-18(13-16(15)2)23-21(28)17-5-3-11-26(14-17)19-8-9-20(25-24-19)27-12-4-10-22-27/h4,6-10,12-13,17H,3,5,11,14H2,1-2H3,(H,23,28). The highest BCUT2D eigenvalue weighted by atomic mass is 16.1. The molecule has 28 heavy (non-hydrogen) atoms. The molecule has 1 amide bonds. The van der Waals surface area contributed by atoms with Crippen molar-refractivity contribution in [2.45, 2.75) is 26.7 Å². The van der Waals surface area contributed by atoms with Crippen molar-refractivity contribution in [1.82, 2.24) is 20.0 Å². The first-order valence-electron chi connectivity index (χ1n) is 9.57. The van der Waals surface area contributed by atoms with E-state index in [1.807, 2.05) is 42.6 Å². The molecule has 4 rings (SSSR count). The lowest BCUT2D eigenvalue weighted by Crippen LogP contribution is -2.41. The number of nitrogens with zero attached hydrogens (tertiary/aromatic N) is 5. The van der Waals surface area contributed by atoms with Crippen LogP contribution in [0, 0.1) is 19.8 Å². The van der Waals surface area contributed by atoms with Gasteiger partial charge in [-0.25, -0.2) is 4.68 Å². The number of nitrogens with one attached hydrogen (secondary N) is 1. The largest absolute Gasteiger partial charge is 0.354 e. The molecule has 0 saturated carbocycles. The maximum absolute atomic E-state index is 12.8. The maximum atomic E-state index is 12.8. The Labute approximate surface area is 164 Å². The van der Waals surface area contributed by atoms with Crippen molar-refractivity contribution in [3.05, 3.63) is 59.9 Å². The zero-order valence-corrected chi connectivity index (χ0v) is 16.2. The minimum absolute atomic E-state index is 0.0640. The van der Waals surface area contributed by atoms with Crippen LogP contribution >= 0.6 is 0 Å². The fourth-order valence-corrected chi connectivity index (χ4v) is 3.48. The summed E-state index contributed by atoms with van der Waals surface area (Å²) in [5, 5.41) is 15.8. The molecule has 7 nitrogen and oxygen atoms in total.